The summed E-state index contributed by atoms with van der Waals surface area (Å²) < 4.78 is 19.9. The molecule has 2 nitrogen and oxygen atoms in total. The average Bonchev–Trinajstić information content (AvgIpc) is 2.50. The van der Waals surface area contributed by atoms with Gasteiger partial charge in [-0.15, -0.1) is 0 Å². The predicted molar refractivity (Wildman–Crippen MR) is 84.4 cm³/mol. The summed E-state index contributed by atoms with van der Waals surface area (Å²) in [6.45, 7) is 6.96. The smallest absolute Gasteiger partial charge is 0.166 e. The van der Waals surface area contributed by atoms with Crippen LogP contribution < -0.4 is 10.1 Å². The second-order valence-electron chi connectivity index (χ2n) is 5.03. The van der Waals surface area contributed by atoms with Gasteiger partial charge in [0, 0.05) is 6.04 Å². The van der Waals surface area contributed by atoms with Crippen molar-refractivity contribution in [3.05, 3.63) is 59.4 Å². The third-order valence-electron chi connectivity index (χ3n) is 3.54. The summed E-state index contributed by atoms with van der Waals surface area (Å²) >= 11 is 0. The molecule has 0 amide bonds. The Hall–Kier alpha value is -1.87. The number of rotatable bonds is 6. The van der Waals surface area contributed by atoms with Gasteiger partial charge in [0.05, 0.1) is 0 Å². The van der Waals surface area contributed by atoms with Gasteiger partial charge in [-0.25, -0.2) is 4.39 Å². The quantitative estimate of drug-likeness (QED) is 0.820. The first-order chi connectivity index (χ1) is 10.2. The lowest BCUT2D eigenvalue weighted by molar-refractivity contribution is 0.436. The zero-order valence-corrected chi connectivity index (χ0v) is 12.8. The number of aryl methyl sites for hydroxylation is 1. The first-order valence-corrected chi connectivity index (χ1v) is 7.44. The van der Waals surface area contributed by atoms with Crippen molar-refractivity contribution >= 4 is 0 Å². The molecule has 0 bridgehead atoms. The molecule has 1 atom stereocenters. The lowest BCUT2D eigenvalue weighted by Crippen LogP contribution is -2.17. The maximum Gasteiger partial charge on any atom is 0.166 e. The third kappa shape index (κ3) is 3.82. The van der Waals surface area contributed by atoms with Crippen LogP contribution in [0.4, 0.5) is 4.39 Å². The van der Waals surface area contributed by atoms with E-state index in [1.54, 1.807) is 6.07 Å². The predicted octanol–water partition coefficient (Wildman–Crippen LogP) is 4.85. The van der Waals surface area contributed by atoms with E-state index >= 15 is 0 Å². The minimum absolute atomic E-state index is 0.126. The number of nitrogens with one attached hydrogen (secondary N) is 1. The Morgan fingerprint density at radius 2 is 1.86 bits per heavy atom. The third-order valence-corrected chi connectivity index (χ3v) is 3.54. The number of para-hydroxylation sites is 1. The van der Waals surface area contributed by atoms with Crippen LogP contribution in [0.15, 0.2) is 42.5 Å². The fourth-order valence-electron chi connectivity index (χ4n) is 2.31. The first-order valence-electron chi connectivity index (χ1n) is 7.44. The number of halogens is 1. The maximum atomic E-state index is 14.2. The van der Waals surface area contributed by atoms with Crippen molar-refractivity contribution in [2.75, 3.05) is 6.54 Å². The lowest BCUT2D eigenvalue weighted by atomic mass is 10.1. The van der Waals surface area contributed by atoms with E-state index in [0.717, 1.165) is 24.1 Å². The summed E-state index contributed by atoms with van der Waals surface area (Å²) in [5.41, 5.74) is 1.99. The fraction of sp³-hybridized carbons (Fsp3) is 0.333. The largest absolute Gasteiger partial charge is 0.454 e. The summed E-state index contributed by atoms with van der Waals surface area (Å²) in [4.78, 5) is 0. The molecule has 0 fully saturated rings. The molecule has 2 aromatic rings. The van der Waals surface area contributed by atoms with Gasteiger partial charge in [0.25, 0.3) is 0 Å². The summed E-state index contributed by atoms with van der Waals surface area (Å²) in [5, 5.41) is 3.27. The average molecular weight is 287 g/mol. The summed E-state index contributed by atoms with van der Waals surface area (Å²) in [6.07, 6.45) is 0.854. The van der Waals surface area contributed by atoms with Crippen LogP contribution >= 0.6 is 0 Å². The molecule has 0 aliphatic heterocycles. The Balaban J connectivity index is 2.21. The number of hydrogen-bond donors (Lipinski definition) is 1. The number of hydrogen-bond acceptors (Lipinski definition) is 2. The molecule has 2 rings (SSSR count). The minimum Gasteiger partial charge on any atom is -0.454 e. The summed E-state index contributed by atoms with van der Waals surface area (Å²) in [7, 11) is 0. The van der Waals surface area contributed by atoms with Crippen molar-refractivity contribution < 1.29 is 9.13 Å². The van der Waals surface area contributed by atoms with Gasteiger partial charge in [0.1, 0.15) is 5.75 Å². The molecule has 1 N–H and O–H groups in total. The van der Waals surface area contributed by atoms with Gasteiger partial charge in [0.2, 0.25) is 0 Å². The van der Waals surface area contributed by atoms with E-state index in [9.17, 15) is 4.39 Å². The van der Waals surface area contributed by atoms with Crippen molar-refractivity contribution in [3.63, 3.8) is 0 Å². The molecule has 0 radical (unpaired) electrons. The van der Waals surface area contributed by atoms with Gasteiger partial charge < -0.3 is 10.1 Å². The molecule has 0 aliphatic rings. The molecular weight excluding hydrogens is 265 g/mol. The molecule has 0 spiro atoms. The molecule has 1 unspecified atom stereocenters. The van der Waals surface area contributed by atoms with Crippen LogP contribution in [0, 0.1) is 5.82 Å². The zero-order valence-electron chi connectivity index (χ0n) is 12.8. The zero-order chi connectivity index (χ0) is 15.2. The molecule has 112 valence electrons. The van der Waals surface area contributed by atoms with Crippen LogP contribution in [0.1, 0.15) is 37.9 Å². The molecular formula is C18H22FNO. The van der Waals surface area contributed by atoms with Crippen molar-refractivity contribution in [2.45, 2.75) is 33.2 Å². The molecule has 3 heteroatoms. The van der Waals surface area contributed by atoms with Crippen molar-refractivity contribution in [3.8, 4) is 11.5 Å². The van der Waals surface area contributed by atoms with Gasteiger partial charge in [0.15, 0.2) is 11.6 Å². The van der Waals surface area contributed by atoms with Gasteiger partial charge in [-0.2, -0.15) is 0 Å². The fourth-order valence-corrected chi connectivity index (χ4v) is 2.31. The summed E-state index contributed by atoms with van der Waals surface area (Å²) in [5.74, 6) is 0.651. The van der Waals surface area contributed by atoms with Crippen molar-refractivity contribution in [1.82, 2.24) is 5.32 Å². The SMILES string of the molecule is CCNC(C)c1ccc(Oc2ccccc2CC)c(F)c1. The minimum atomic E-state index is -0.330. The molecule has 21 heavy (non-hydrogen) atoms. The Morgan fingerprint density at radius 3 is 2.52 bits per heavy atom. The van der Waals surface area contributed by atoms with Crippen molar-refractivity contribution in [1.29, 1.82) is 0 Å². The van der Waals surface area contributed by atoms with Crippen LogP contribution in [0.3, 0.4) is 0 Å². The Kier molecular flexibility index (Phi) is 5.34. The van der Waals surface area contributed by atoms with Crippen LogP contribution in [-0.2, 0) is 6.42 Å². The van der Waals surface area contributed by atoms with E-state index in [2.05, 4.69) is 12.2 Å². The number of ether oxygens (including phenoxy) is 1. The molecule has 0 saturated carbocycles. The Morgan fingerprint density at radius 1 is 1.10 bits per heavy atom. The Labute approximate surface area is 126 Å². The molecule has 0 aromatic heterocycles. The van der Waals surface area contributed by atoms with E-state index in [1.165, 1.54) is 6.07 Å². The number of benzene rings is 2. The maximum absolute atomic E-state index is 14.2. The van der Waals surface area contributed by atoms with E-state index < -0.39 is 0 Å². The van der Waals surface area contributed by atoms with E-state index in [-0.39, 0.29) is 17.6 Å². The second kappa shape index (κ2) is 7.23. The van der Waals surface area contributed by atoms with E-state index in [0.29, 0.717) is 5.75 Å². The van der Waals surface area contributed by atoms with Gasteiger partial charge in [-0.3, -0.25) is 0 Å². The van der Waals surface area contributed by atoms with Crippen LogP contribution in [-0.4, -0.2) is 6.54 Å². The lowest BCUT2D eigenvalue weighted by Gasteiger charge is -2.15. The van der Waals surface area contributed by atoms with Gasteiger partial charge in [-0.1, -0.05) is 38.1 Å². The monoisotopic (exact) mass is 287 g/mol. The van der Waals surface area contributed by atoms with Crippen LogP contribution in [0.5, 0.6) is 11.5 Å². The van der Waals surface area contributed by atoms with E-state index in [1.807, 2.05) is 44.2 Å². The summed E-state index contributed by atoms with van der Waals surface area (Å²) in [6, 6.07) is 13.0. The molecule has 0 aliphatic carbocycles. The van der Waals surface area contributed by atoms with Gasteiger partial charge >= 0.3 is 0 Å². The normalized spacial score (nSPS) is 12.2. The standard InChI is InChI=1S/C18H22FNO/c1-4-14-8-6-7-9-17(14)21-18-11-10-15(12-16(18)19)13(3)20-5-2/h6-13,20H,4-5H2,1-3H3. The first kappa shape index (κ1) is 15.5. The highest BCUT2D eigenvalue weighted by molar-refractivity contribution is 5.39. The van der Waals surface area contributed by atoms with Crippen LogP contribution in [0.2, 0.25) is 0 Å². The molecule has 2 aromatic carbocycles. The molecule has 0 heterocycles. The van der Waals surface area contributed by atoms with Crippen LogP contribution in [0.25, 0.3) is 0 Å². The highest BCUT2D eigenvalue weighted by Crippen LogP contribution is 2.29. The topological polar surface area (TPSA) is 21.3 Å². The van der Waals surface area contributed by atoms with Gasteiger partial charge in [-0.05, 0) is 49.2 Å². The second-order valence-corrected chi connectivity index (χ2v) is 5.03. The molecule has 0 saturated heterocycles. The highest BCUT2D eigenvalue weighted by Gasteiger charge is 2.11. The van der Waals surface area contributed by atoms with E-state index in [4.69, 9.17) is 4.74 Å². The Bertz CT molecular complexity index is 598. The highest BCUT2D eigenvalue weighted by atomic mass is 19.1. The van der Waals surface area contributed by atoms with Crippen molar-refractivity contribution in [2.24, 2.45) is 0 Å².